The van der Waals surface area contributed by atoms with Crippen LogP contribution in [0, 0.1) is 0 Å². The van der Waals surface area contributed by atoms with Gasteiger partial charge in [-0.15, -0.1) is 0 Å². The number of benzene rings is 1. The van der Waals surface area contributed by atoms with E-state index in [1.807, 2.05) is 0 Å². The van der Waals surface area contributed by atoms with Crippen molar-refractivity contribution >= 4 is 32.8 Å². The van der Waals surface area contributed by atoms with Crippen molar-refractivity contribution in [3.8, 4) is 0 Å². The number of nitrogens with two attached hydrogens (primary N) is 1. The third kappa shape index (κ3) is 3.17. The lowest BCUT2D eigenvalue weighted by atomic mass is 10.1. The molecule has 0 aromatic heterocycles. The van der Waals surface area contributed by atoms with Crippen LogP contribution in [0.4, 0.5) is 17.1 Å². The average molecular weight is 283 g/mol. The number of nitrogens with one attached hydrogen (secondary N) is 2. The normalized spacial score (nSPS) is 14.1. The highest BCUT2D eigenvalue weighted by Gasteiger charge is 2.19. The van der Waals surface area contributed by atoms with Crippen molar-refractivity contribution in [2.75, 3.05) is 34.4 Å². The molecule has 104 valence electrons. The van der Waals surface area contributed by atoms with E-state index in [0.29, 0.717) is 24.3 Å². The summed E-state index contributed by atoms with van der Waals surface area (Å²) in [6, 6.07) is 3.48. The number of rotatable bonds is 5. The van der Waals surface area contributed by atoms with Crippen LogP contribution in [-0.4, -0.2) is 32.4 Å². The summed E-state index contributed by atoms with van der Waals surface area (Å²) in [7, 11) is -3.00. The van der Waals surface area contributed by atoms with E-state index in [-0.39, 0.29) is 17.4 Å². The Morgan fingerprint density at radius 2 is 2.16 bits per heavy atom. The molecule has 0 bridgehead atoms. The van der Waals surface area contributed by atoms with Gasteiger partial charge in [0.1, 0.15) is 0 Å². The van der Waals surface area contributed by atoms with Crippen LogP contribution in [0.5, 0.6) is 0 Å². The smallest absolute Gasteiger partial charge is 0.228 e. The molecule has 0 radical (unpaired) electrons. The molecule has 7 heteroatoms. The maximum atomic E-state index is 11.4. The van der Waals surface area contributed by atoms with Crippen molar-refractivity contribution in [2.45, 2.75) is 13.3 Å². The van der Waals surface area contributed by atoms with Gasteiger partial charge in [0.25, 0.3) is 0 Å². The fourth-order valence-corrected chi connectivity index (χ4v) is 2.63. The van der Waals surface area contributed by atoms with Gasteiger partial charge in [0.05, 0.1) is 23.5 Å². The molecule has 0 atom stereocenters. The van der Waals surface area contributed by atoms with Crippen molar-refractivity contribution in [2.24, 2.45) is 0 Å². The van der Waals surface area contributed by atoms with Gasteiger partial charge in [0.2, 0.25) is 5.91 Å². The third-order valence-corrected chi connectivity index (χ3v) is 4.77. The highest BCUT2D eigenvalue weighted by molar-refractivity contribution is 7.91. The lowest BCUT2D eigenvalue weighted by Crippen LogP contribution is -2.17. The molecule has 1 aromatic rings. The molecule has 2 rings (SSSR count). The molecule has 1 amide bonds. The average Bonchev–Trinajstić information content (AvgIpc) is 2.68. The second kappa shape index (κ2) is 5.08. The summed E-state index contributed by atoms with van der Waals surface area (Å²) >= 11 is 0. The predicted molar refractivity (Wildman–Crippen MR) is 76.0 cm³/mol. The first-order chi connectivity index (χ1) is 8.91. The first-order valence-corrected chi connectivity index (χ1v) is 7.90. The molecule has 1 heterocycles. The molecule has 1 aliphatic rings. The topological polar surface area (TPSA) is 101 Å². The van der Waals surface area contributed by atoms with E-state index in [2.05, 4.69) is 10.6 Å². The van der Waals surface area contributed by atoms with E-state index in [1.165, 1.54) is 0 Å². The van der Waals surface area contributed by atoms with Crippen molar-refractivity contribution in [1.29, 1.82) is 0 Å². The Hall–Kier alpha value is -1.76. The fourth-order valence-electron chi connectivity index (χ4n) is 1.93. The van der Waals surface area contributed by atoms with Crippen molar-refractivity contribution in [3.63, 3.8) is 0 Å². The summed E-state index contributed by atoms with van der Waals surface area (Å²) in [5.74, 6) is 0.136. The number of amides is 1. The van der Waals surface area contributed by atoms with Gasteiger partial charge in [0.15, 0.2) is 9.84 Å². The largest absolute Gasteiger partial charge is 0.397 e. The molecule has 0 aliphatic carbocycles. The Balaban J connectivity index is 2.06. The molecule has 1 aliphatic heterocycles. The Morgan fingerprint density at radius 1 is 1.42 bits per heavy atom. The van der Waals surface area contributed by atoms with E-state index in [1.54, 1.807) is 19.1 Å². The summed E-state index contributed by atoms with van der Waals surface area (Å²) in [5, 5.41) is 5.72. The van der Waals surface area contributed by atoms with Gasteiger partial charge < -0.3 is 16.4 Å². The number of sulfone groups is 1. The second-order valence-corrected chi connectivity index (χ2v) is 6.96. The zero-order chi connectivity index (χ0) is 14.0. The maximum Gasteiger partial charge on any atom is 0.228 e. The van der Waals surface area contributed by atoms with Gasteiger partial charge in [0, 0.05) is 18.0 Å². The van der Waals surface area contributed by atoms with E-state index in [4.69, 9.17) is 5.73 Å². The third-order valence-electron chi connectivity index (χ3n) is 3.07. The van der Waals surface area contributed by atoms with E-state index in [9.17, 15) is 13.2 Å². The molecule has 6 nitrogen and oxygen atoms in total. The minimum Gasteiger partial charge on any atom is -0.397 e. The van der Waals surface area contributed by atoms with Crippen LogP contribution in [0.15, 0.2) is 12.1 Å². The molecule has 0 unspecified atom stereocenters. The fraction of sp³-hybridized carbons (Fsp3) is 0.417. The molecular formula is C12H17N3O3S. The second-order valence-electron chi connectivity index (χ2n) is 4.48. The SMILES string of the molecule is CCS(=O)(=O)CCNc1cc2c(cc1N)CC(=O)N2. The molecule has 0 saturated carbocycles. The lowest BCUT2D eigenvalue weighted by Gasteiger charge is -2.11. The number of carbonyl (C=O) groups is 1. The Labute approximate surface area is 112 Å². The van der Waals surface area contributed by atoms with Crippen molar-refractivity contribution in [1.82, 2.24) is 0 Å². The Morgan fingerprint density at radius 3 is 2.84 bits per heavy atom. The van der Waals surface area contributed by atoms with Gasteiger partial charge in [-0.1, -0.05) is 6.92 Å². The van der Waals surface area contributed by atoms with Crippen LogP contribution in [-0.2, 0) is 21.1 Å². The molecule has 0 spiro atoms. The zero-order valence-electron chi connectivity index (χ0n) is 10.7. The molecular weight excluding hydrogens is 266 g/mol. The summed E-state index contributed by atoms with van der Waals surface area (Å²) in [4.78, 5) is 11.3. The molecule has 0 saturated heterocycles. The first kappa shape index (κ1) is 13.7. The molecule has 19 heavy (non-hydrogen) atoms. The van der Waals surface area contributed by atoms with Crippen LogP contribution >= 0.6 is 0 Å². The predicted octanol–water partition coefficient (Wildman–Crippen LogP) is 0.610. The maximum absolute atomic E-state index is 11.4. The highest BCUT2D eigenvalue weighted by Crippen LogP contribution is 2.31. The quantitative estimate of drug-likeness (QED) is 0.687. The van der Waals surface area contributed by atoms with E-state index in [0.717, 1.165) is 11.3 Å². The number of anilines is 3. The number of nitrogen functional groups attached to an aromatic ring is 1. The van der Waals surface area contributed by atoms with Crippen LogP contribution < -0.4 is 16.4 Å². The monoisotopic (exact) mass is 283 g/mol. The molecule has 4 N–H and O–H groups in total. The summed E-state index contributed by atoms with van der Waals surface area (Å²) in [6.45, 7) is 1.92. The highest BCUT2D eigenvalue weighted by atomic mass is 32.2. The number of hydrogen-bond donors (Lipinski definition) is 3. The van der Waals surface area contributed by atoms with Crippen LogP contribution in [0.1, 0.15) is 12.5 Å². The summed E-state index contributed by atoms with van der Waals surface area (Å²) in [5.41, 5.74) is 8.64. The van der Waals surface area contributed by atoms with Gasteiger partial charge in [-0.05, 0) is 17.7 Å². The minimum atomic E-state index is -3.00. The zero-order valence-corrected chi connectivity index (χ0v) is 11.5. The van der Waals surface area contributed by atoms with Gasteiger partial charge in [-0.25, -0.2) is 8.42 Å². The van der Waals surface area contributed by atoms with Gasteiger partial charge >= 0.3 is 0 Å². The minimum absolute atomic E-state index is 0.0555. The summed E-state index contributed by atoms with van der Waals surface area (Å²) < 4.78 is 22.8. The van der Waals surface area contributed by atoms with E-state index < -0.39 is 9.84 Å². The number of carbonyl (C=O) groups excluding carboxylic acids is 1. The van der Waals surface area contributed by atoms with Crippen LogP contribution in [0.3, 0.4) is 0 Å². The first-order valence-electron chi connectivity index (χ1n) is 6.08. The van der Waals surface area contributed by atoms with Gasteiger partial charge in [-0.3, -0.25) is 4.79 Å². The Kier molecular flexibility index (Phi) is 3.66. The molecule has 1 aromatic carbocycles. The van der Waals surface area contributed by atoms with Crippen LogP contribution in [0.25, 0.3) is 0 Å². The van der Waals surface area contributed by atoms with Crippen LogP contribution in [0.2, 0.25) is 0 Å². The van der Waals surface area contributed by atoms with Crippen molar-refractivity contribution in [3.05, 3.63) is 17.7 Å². The molecule has 0 fully saturated rings. The van der Waals surface area contributed by atoms with Crippen molar-refractivity contribution < 1.29 is 13.2 Å². The van der Waals surface area contributed by atoms with E-state index >= 15 is 0 Å². The van der Waals surface area contributed by atoms with Gasteiger partial charge in [-0.2, -0.15) is 0 Å². The Bertz CT molecular complexity index is 611. The number of fused-ring (bicyclic) bond motifs is 1. The standard InChI is InChI=1S/C12H17N3O3S/c1-2-19(17,18)4-3-14-11-7-10-8(5-9(11)13)6-12(16)15-10/h5,7,14H,2-4,6,13H2,1H3,(H,15,16). The number of hydrogen-bond acceptors (Lipinski definition) is 5. The summed E-state index contributed by atoms with van der Waals surface area (Å²) in [6.07, 6.45) is 0.337. The lowest BCUT2D eigenvalue weighted by molar-refractivity contribution is -0.115.